The summed E-state index contributed by atoms with van der Waals surface area (Å²) >= 11 is 16.5. The molecular weight excluding hydrogens is 2010 g/mol. The summed E-state index contributed by atoms with van der Waals surface area (Å²) in [6.45, 7) is 8.37. The number of nitrogens with one attached hydrogen (secondary N) is 21. The van der Waals surface area contributed by atoms with Crippen LogP contribution >= 0.6 is 50.5 Å². The van der Waals surface area contributed by atoms with E-state index in [9.17, 15) is 135 Å². The summed E-state index contributed by atoms with van der Waals surface area (Å²) in [6.07, 6.45) is -5.45. The summed E-state index contributed by atoms with van der Waals surface area (Å²) in [5, 5.41) is 98.3. The quantitative estimate of drug-likeness (QED) is 0.0125. The van der Waals surface area contributed by atoms with E-state index < -0.39 is 362 Å². The number of primary amides is 4. The third kappa shape index (κ3) is 42.5. The number of likely N-dealkylation sites (tertiary alicyclic amines) is 2. The maximum Gasteiger partial charge on any atom is 0.305 e. The van der Waals surface area contributed by atoms with E-state index in [1.807, 2.05) is 0 Å². The van der Waals surface area contributed by atoms with Gasteiger partial charge in [0.25, 0.3) is 0 Å². The van der Waals surface area contributed by atoms with Crippen molar-refractivity contribution in [2.45, 2.75) is 266 Å². The van der Waals surface area contributed by atoms with Crippen molar-refractivity contribution in [2.24, 2.45) is 57.9 Å². The number of aliphatic hydroxyl groups excluding tert-OH is 2. The lowest BCUT2D eigenvalue weighted by molar-refractivity contribution is -0.143. The first-order valence-electron chi connectivity index (χ1n) is 46.1. The number of thiol groups is 4. The Kier molecular flexibility index (Phi) is 54.5. The van der Waals surface area contributed by atoms with Gasteiger partial charge in [0.15, 0.2) is 11.9 Å². The van der Waals surface area contributed by atoms with Crippen molar-refractivity contribution in [1.82, 2.24) is 115 Å². The minimum Gasteiger partial charge on any atom is -0.481 e. The Morgan fingerprint density at radius 1 is 0.438 bits per heavy atom. The Labute approximate surface area is 859 Å². The minimum atomic E-state index is -2.04. The van der Waals surface area contributed by atoms with Crippen LogP contribution in [0.25, 0.3) is 0 Å². The molecule has 0 bridgehead atoms. The van der Waals surface area contributed by atoms with Crippen molar-refractivity contribution < 1.29 is 135 Å². The maximum absolute atomic E-state index is 14.6. The molecule has 63 heteroatoms. The number of nitrogens with two attached hydrogens (primary N) is 7. The molecule has 816 valence electrons. The predicted molar refractivity (Wildman–Crippen MR) is 527 cm³/mol. The van der Waals surface area contributed by atoms with Gasteiger partial charge < -0.3 is 171 Å². The largest absolute Gasteiger partial charge is 0.481 e. The summed E-state index contributed by atoms with van der Waals surface area (Å²) in [5.74, 6) is -33.0. The van der Waals surface area contributed by atoms with E-state index in [-0.39, 0.29) is 81.9 Å². The van der Waals surface area contributed by atoms with Crippen molar-refractivity contribution in [3.8, 4) is 0 Å². The fourth-order valence-corrected chi connectivity index (χ4v) is 15.6. The number of H-pyrrole nitrogens is 1. The number of imidazole rings is 1. The number of guanidine groups is 2. The second-order valence-electron chi connectivity index (χ2n) is 35.1. The second-order valence-corrected chi connectivity index (χ2v) is 36.5. The van der Waals surface area contributed by atoms with Crippen LogP contribution in [0.2, 0.25) is 0 Å². The Morgan fingerprint density at radius 2 is 0.808 bits per heavy atom. The van der Waals surface area contributed by atoms with Gasteiger partial charge in [0.05, 0.1) is 50.8 Å². The van der Waals surface area contributed by atoms with Gasteiger partial charge >= 0.3 is 11.9 Å². The van der Waals surface area contributed by atoms with Gasteiger partial charge in [-0.1, -0.05) is 48.0 Å². The number of rotatable bonds is 65. The van der Waals surface area contributed by atoms with E-state index in [0.29, 0.717) is 6.42 Å². The van der Waals surface area contributed by atoms with Crippen LogP contribution in [0.1, 0.15) is 144 Å². The SMILES string of the molecule is CC[C@H](C)[C@H](N)C(=O)N[C@@H](CCCNC(=N)N)C(=O)N[C@@H](CC(=O)O)C(=O)NC(CCC(=O)O)C(=O)N[C@@H](CS)C(=O)N[C@@H](CS)C(=O)N[C@@H](CO)C(=O)N[C@@H](CC(N)=O)C(=O)N1CCC[C@H]1C(=O)N[C@@H](C)C(=O)N[C@@H](CS)C(=O)N[C@@H](CCCNC(=N)N)C(=O)N[C@H](C(=O)N[C@@H](CC(N)=O)C(=O)N[C@@H](CC(N)=O)C(=O)N1CC(O)CC1C(=O)N[C@@H](Cc1cnc[nH]1)C(=O)N[C@H](C(=O)N[C@@H](CS)C(N)=O)C(C)C)C(C)C. The number of aliphatic hydroxyl groups is 2. The third-order valence-corrected chi connectivity index (χ3v) is 24.3. The Morgan fingerprint density at radius 3 is 1.23 bits per heavy atom. The zero-order valence-corrected chi connectivity index (χ0v) is 84.7. The van der Waals surface area contributed by atoms with Gasteiger partial charge in [-0.15, -0.1) is 0 Å². The van der Waals surface area contributed by atoms with Gasteiger partial charge in [-0.3, -0.25) is 126 Å². The van der Waals surface area contributed by atoms with Crippen LogP contribution in [-0.2, 0) is 121 Å². The van der Waals surface area contributed by atoms with Gasteiger partial charge in [0.1, 0.15) is 109 Å². The zero-order chi connectivity index (χ0) is 111. The Hall–Kier alpha value is -13.7. The molecule has 2 aliphatic rings. The second kappa shape index (κ2) is 62.9. The van der Waals surface area contributed by atoms with Crippen LogP contribution in [0.3, 0.4) is 0 Å². The molecule has 0 aliphatic carbocycles. The first-order valence-corrected chi connectivity index (χ1v) is 48.7. The van der Waals surface area contributed by atoms with Crippen molar-refractivity contribution in [3.63, 3.8) is 0 Å². The highest BCUT2D eigenvalue weighted by atomic mass is 32.1. The minimum absolute atomic E-state index is 0.0226. The number of amides is 22. The van der Waals surface area contributed by atoms with Gasteiger partial charge in [0.2, 0.25) is 130 Å². The van der Waals surface area contributed by atoms with Crippen LogP contribution in [-0.4, -0.2) is 371 Å². The standard InChI is InChI=1S/C83H137N31O28S4/c1-8-36(6)60(87)77(138)100-40(12-9-17-94-82(89)90)65(126)101-45(25-59(122)123)69(130)99-42(15-16-58(120)121)66(127)109-52(32-146)74(135)110-51(31-145)73(134)106-48(28-115)71(132)105-46(23-56(85)118)80(141)113-19-11-14-53(113)75(136)97-37(7)64(125)108-50(30-144)72(133)98-41(13-10-18-95-83(91)92)67(128)111-61(34(2)3)78(139)103-44(22-55(84)117)68(129)104-47(24-57(86)119)81(142)114-27-39(116)21-54(114)76(137)102-43(20-38-26-93-33-96-38)70(131)112-62(35(4)5)79(140)107-49(29-143)63(88)124/h26,33-37,39-54,60-62,115-116,143-146H,8-25,27-32,87H2,1-7H3,(H2,84,117)(H2,85,118)(H2,86,119)(H2,88,124)(H,93,96)(H,97,136)(H,98,133)(H,99,130)(H,100,138)(H,101,126)(H,102,137)(H,103,139)(H,104,129)(H,105,132)(H,106,134)(H,107,140)(H,108,125)(H,109,127)(H,110,135)(H,111,128)(H,112,131)(H,120,121)(H,122,123)(H4,89,90,94)(H4,91,92,95)/t36-,37-,39?,40-,41-,42?,43-,44-,45-,46-,47-,48-,49-,50-,51-,52-,53-,54?,60-,61-,62-/m0/s1. The Bertz CT molecular complexity index is 4820. The molecule has 59 nitrogen and oxygen atoms in total. The highest BCUT2D eigenvalue weighted by Gasteiger charge is 2.47. The average Bonchev–Trinajstić information content (AvgIpc) is 1.65. The zero-order valence-electron chi connectivity index (χ0n) is 81.2. The van der Waals surface area contributed by atoms with E-state index in [1.165, 1.54) is 26.4 Å². The van der Waals surface area contributed by atoms with Crippen LogP contribution < -0.4 is 136 Å². The number of hydrogen-bond donors (Lipinski definition) is 36. The lowest BCUT2D eigenvalue weighted by atomic mass is 9.98. The first kappa shape index (κ1) is 126. The van der Waals surface area contributed by atoms with E-state index in [4.69, 9.17) is 51.0 Å². The molecule has 2 aliphatic heterocycles. The van der Waals surface area contributed by atoms with Gasteiger partial charge in [-0.2, -0.15) is 50.5 Å². The topological polar surface area (TPSA) is 972 Å². The van der Waals surface area contributed by atoms with E-state index in [1.54, 1.807) is 27.7 Å². The van der Waals surface area contributed by atoms with Gasteiger partial charge in [-0.25, -0.2) is 4.98 Å². The summed E-state index contributed by atoms with van der Waals surface area (Å²) in [4.78, 5) is 335. The molecule has 1 aromatic rings. The molecule has 0 aromatic carbocycles. The number of hydrogen-bond acceptors (Lipinski definition) is 34. The van der Waals surface area contributed by atoms with Crippen molar-refractivity contribution in [3.05, 3.63) is 18.2 Å². The number of aromatic nitrogens is 2. The molecule has 0 spiro atoms. The molecule has 21 atom stereocenters. The molecule has 2 fully saturated rings. The molecule has 39 N–H and O–H groups in total. The molecule has 0 radical (unpaired) electrons. The van der Waals surface area contributed by atoms with Crippen LogP contribution in [0.5, 0.6) is 0 Å². The highest BCUT2D eigenvalue weighted by molar-refractivity contribution is 7.80. The lowest BCUT2D eigenvalue weighted by Crippen LogP contribution is -2.62. The number of aliphatic carboxylic acids is 2. The number of nitrogens with zero attached hydrogens (tertiary/aromatic N) is 3. The number of carboxylic acid groups (broad SMARTS) is 2. The molecule has 3 heterocycles. The number of carboxylic acids is 2. The first-order chi connectivity index (χ1) is 68.5. The van der Waals surface area contributed by atoms with E-state index >= 15 is 0 Å². The van der Waals surface area contributed by atoms with E-state index in [0.717, 1.165) is 16.7 Å². The highest BCUT2D eigenvalue weighted by Crippen LogP contribution is 2.24. The van der Waals surface area contributed by atoms with Crippen LogP contribution in [0, 0.1) is 28.6 Å². The monoisotopic (exact) mass is 2140 g/mol. The Balaban J connectivity index is 1.81. The summed E-state index contributed by atoms with van der Waals surface area (Å²) < 4.78 is 0. The molecule has 1 aromatic heterocycles. The van der Waals surface area contributed by atoms with Crippen molar-refractivity contribution in [1.29, 1.82) is 10.8 Å². The maximum atomic E-state index is 14.6. The molecular formula is C83H137N31O28S4. The van der Waals surface area contributed by atoms with Crippen molar-refractivity contribution >= 4 is 204 Å². The summed E-state index contributed by atoms with van der Waals surface area (Å²) in [5.41, 5.74) is 39.2. The molecule has 0 saturated carbocycles. The molecule has 146 heavy (non-hydrogen) atoms. The summed E-state index contributed by atoms with van der Waals surface area (Å²) in [6, 6.07) is -32.0. The van der Waals surface area contributed by atoms with Crippen LogP contribution in [0.15, 0.2) is 12.5 Å². The summed E-state index contributed by atoms with van der Waals surface area (Å²) in [7, 11) is 0. The number of aromatic amines is 1. The smallest absolute Gasteiger partial charge is 0.305 e. The predicted octanol–water partition coefficient (Wildman–Crippen LogP) is -14.9. The molecule has 2 saturated heterocycles. The number of carbonyl (C=O) groups excluding carboxylic acids is 22. The fourth-order valence-electron chi connectivity index (χ4n) is 14.5. The molecule has 3 unspecified atom stereocenters. The number of β-amino-alcohol motifs (C(OH)–C–C–N with tert-alkyl or cyclic N) is 1. The van der Waals surface area contributed by atoms with Gasteiger partial charge in [0, 0.05) is 80.3 Å². The normalized spacial score (nSPS) is 17.4. The third-order valence-electron chi connectivity index (χ3n) is 22.8. The molecule has 22 amide bonds. The fraction of sp³-hybridized carbons (Fsp3) is 0.651. The van der Waals surface area contributed by atoms with Crippen molar-refractivity contribution in [2.75, 3.05) is 55.8 Å². The lowest BCUT2D eigenvalue weighted by Gasteiger charge is -2.31. The number of carbonyl (C=O) groups is 24. The molecule has 3 rings (SSSR count). The average molecular weight is 2150 g/mol. The van der Waals surface area contributed by atoms with Crippen LogP contribution in [0.4, 0.5) is 0 Å². The van der Waals surface area contributed by atoms with Gasteiger partial charge in [-0.05, 0) is 69.6 Å². The van der Waals surface area contributed by atoms with E-state index in [2.05, 4.69) is 156 Å².